The molecule has 0 unspecified atom stereocenters. The third-order valence-corrected chi connectivity index (χ3v) is 3.72. The van der Waals surface area contributed by atoms with Crippen molar-refractivity contribution in [3.05, 3.63) is 52.5 Å². The molecule has 22 heavy (non-hydrogen) atoms. The van der Waals surface area contributed by atoms with Crippen molar-refractivity contribution in [2.75, 3.05) is 0 Å². The molecule has 0 spiro atoms. The Morgan fingerprint density at radius 3 is 2.36 bits per heavy atom. The summed E-state index contributed by atoms with van der Waals surface area (Å²) in [4.78, 5) is 12.3. The van der Waals surface area contributed by atoms with Gasteiger partial charge in [0, 0.05) is 0 Å². The maximum Gasteiger partial charge on any atom is 0.153 e. The number of aliphatic imine (C=N–C) groups is 1. The molecule has 7 nitrogen and oxygen atoms in total. The Hall–Kier alpha value is -1.96. The highest BCUT2D eigenvalue weighted by atomic mass is 35.5. The van der Waals surface area contributed by atoms with Gasteiger partial charge in [0.25, 0.3) is 0 Å². The predicted octanol–water partition coefficient (Wildman–Crippen LogP) is 3.11. The summed E-state index contributed by atoms with van der Waals surface area (Å²) in [6.07, 6.45) is 5.95. The van der Waals surface area contributed by atoms with Gasteiger partial charge in [-0.25, -0.2) is 24.3 Å². The van der Waals surface area contributed by atoms with Crippen LogP contribution >= 0.6 is 34.8 Å². The molecule has 0 saturated heterocycles. The fourth-order valence-corrected chi connectivity index (χ4v) is 2.28. The van der Waals surface area contributed by atoms with Crippen molar-refractivity contribution in [1.29, 1.82) is 0 Å². The Morgan fingerprint density at radius 1 is 0.955 bits per heavy atom. The molecule has 0 radical (unpaired) electrons. The minimum Gasteiger partial charge on any atom is -0.245 e. The van der Waals surface area contributed by atoms with Gasteiger partial charge in [-0.05, 0) is 12.1 Å². The van der Waals surface area contributed by atoms with E-state index in [9.17, 15) is 0 Å². The first-order valence-corrected chi connectivity index (χ1v) is 7.16. The van der Waals surface area contributed by atoms with E-state index in [2.05, 4.69) is 25.2 Å². The Labute approximate surface area is 140 Å². The maximum atomic E-state index is 6.16. The second kappa shape index (κ2) is 6.43. The van der Waals surface area contributed by atoms with Gasteiger partial charge in [0.05, 0.1) is 20.8 Å². The first-order valence-electron chi connectivity index (χ1n) is 6.03. The molecule has 2 aromatic heterocycles. The monoisotopic (exact) mass is 355 g/mol. The Bertz CT molecular complexity index is 797. The quantitative estimate of drug-likeness (QED) is 0.410. The lowest BCUT2D eigenvalue weighted by molar-refractivity contribution is 0.697. The van der Waals surface area contributed by atoms with Crippen LogP contribution in [0.25, 0.3) is 0 Å². The Balaban J connectivity index is 2.03. The summed E-state index contributed by atoms with van der Waals surface area (Å²) in [5, 5.41) is 9.23. The maximum absolute atomic E-state index is 6.16. The van der Waals surface area contributed by atoms with Crippen molar-refractivity contribution in [2.45, 2.75) is 6.54 Å². The van der Waals surface area contributed by atoms with Crippen molar-refractivity contribution in [3.8, 4) is 0 Å². The molecule has 3 rings (SSSR count). The summed E-state index contributed by atoms with van der Waals surface area (Å²) < 4.78 is 3.12. The topological polar surface area (TPSA) is 73.8 Å². The molecule has 0 aliphatic heterocycles. The number of nitrogens with zero attached hydrogens (tertiary/aromatic N) is 7. The van der Waals surface area contributed by atoms with Gasteiger partial charge in [0.2, 0.25) is 0 Å². The smallest absolute Gasteiger partial charge is 0.153 e. The van der Waals surface area contributed by atoms with Crippen LogP contribution in [0.4, 0.5) is 5.69 Å². The molecule has 0 bridgehead atoms. The summed E-state index contributed by atoms with van der Waals surface area (Å²) >= 11 is 18.1. The molecular formula is C12H8Cl3N7. The summed E-state index contributed by atoms with van der Waals surface area (Å²) in [6.45, 7) is 0.333. The molecule has 0 aliphatic rings. The van der Waals surface area contributed by atoms with E-state index >= 15 is 0 Å². The number of benzene rings is 1. The first kappa shape index (κ1) is 15.0. The summed E-state index contributed by atoms with van der Waals surface area (Å²) in [7, 11) is 0. The zero-order valence-electron chi connectivity index (χ0n) is 10.9. The lowest BCUT2D eigenvalue weighted by atomic mass is 10.3. The van der Waals surface area contributed by atoms with Crippen LogP contribution in [0, 0.1) is 0 Å². The minimum atomic E-state index is 0.333. The van der Waals surface area contributed by atoms with Crippen LogP contribution in [-0.2, 0) is 6.54 Å². The van der Waals surface area contributed by atoms with Crippen LogP contribution in [0.3, 0.4) is 0 Å². The fraction of sp³-hybridized carbons (Fsp3) is 0.0833. The van der Waals surface area contributed by atoms with Crippen molar-refractivity contribution < 1.29 is 0 Å². The van der Waals surface area contributed by atoms with Crippen LogP contribution in [0.1, 0.15) is 0 Å². The molecule has 2 heterocycles. The van der Waals surface area contributed by atoms with Crippen LogP contribution in [0.2, 0.25) is 15.1 Å². The average Bonchev–Trinajstić information content (AvgIpc) is 3.17. The number of rotatable bonds is 3. The van der Waals surface area contributed by atoms with Gasteiger partial charge in [-0.2, -0.15) is 10.2 Å². The van der Waals surface area contributed by atoms with Crippen LogP contribution in [-0.4, -0.2) is 35.4 Å². The molecule has 1 aromatic carbocycles. The number of hydrogen-bond donors (Lipinski definition) is 0. The lowest BCUT2D eigenvalue weighted by Crippen LogP contribution is -2.19. The third kappa shape index (κ3) is 3.27. The van der Waals surface area contributed by atoms with Crippen LogP contribution in [0.15, 0.2) is 42.4 Å². The van der Waals surface area contributed by atoms with Crippen molar-refractivity contribution in [1.82, 2.24) is 29.5 Å². The second-order valence-corrected chi connectivity index (χ2v) is 5.40. The van der Waals surface area contributed by atoms with E-state index in [1.54, 1.807) is 23.1 Å². The van der Waals surface area contributed by atoms with Crippen LogP contribution < -0.4 is 0 Å². The van der Waals surface area contributed by atoms with Crippen molar-refractivity contribution in [3.63, 3.8) is 0 Å². The number of hydrogen-bond acceptors (Lipinski definition) is 5. The first-order chi connectivity index (χ1) is 10.6. The highest BCUT2D eigenvalue weighted by molar-refractivity contribution is 6.44. The highest BCUT2D eigenvalue weighted by Gasteiger charge is 2.10. The molecule has 0 amide bonds. The van der Waals surface area contributed by atoms with E-state index in [0.29, 0.717) is 33.1 Å². The van der Waals surface area contributed by atoms with Crippen LogP contribution in [0.5, 0.6) is 0 Å². The molecule has 3 aromatic rings. The molecular weight excluding hydrogens is 349 g/mol. The van der Waals surface area contributed by atoms with Gasteiger partial charge in [0.1, 0.15) is 31.9 Å². The SMILES string of the molecule is Clc1cc(Cl)c(/N=C(\Cn2cncn2)n2cncn2)cc1Cl. The van der Waals surface area contributed by atoms with E-state index in [0.717, 1.165) is 0 Å². The molecule has 10 heteroatoms. The van der Waals surface area contributed by atoms with E-state index in [1.165, 1.54) is 23.7 Å². The standard InChI is InChI=1S/C12H8Cl3N7/c13-8-1-10(15)11(2-9(8)14)20-12(22-7-17-5-19-22)3-21-6-16-4-18-21/h1-2,4-7H,3H2/b20-12+. The average molecular weight is 357 g/mol. The molecule has 112 valence electrons. The lowest BCUT2D eigenvalue weighted by Gasteiger charge is -2.08. The van der Waals surface area contributed by atoms with Crippen molar-refractivity contribution >= 4 is 46.3 Å². The van der Waals surface area contributed by atoms with E-state index < -0.39 is 0 Å². The highest BCUT2D eigenvalue weighted by Crippen LogP contribution is 2.34. The third-order valence-electron chi connectivity index (χ3n) is 2.69. The Morgan fingerprint density at radius 2 is 1.68 bits per heavy atom. The second-order valence-electron chi connectivity index (χ2n) is 4.18. The molecule has 0 saturated carbocycles. The number of aromatic nitrogens is 6. The number of halogens is 3. The van der Waals surface area contributed by atoms with Gasteiger partial charge in [-0.15, -0.1) is 0 Å². The predicted molar refractivity (Wildman–Crippen MR) is 84.0 cm³/mol. The zero-order valence-corrected chi connectivity index (χ0v) is 13.2. The summed E-state index contributed by atoms with van der Waals surface area (Å²) in [5.74, 6) is 0.545. The van der Waals surface area contributed by atoms with Gasteiger partial charge in [-0.1, -0.05) is 34.8 Å². The molecule has 0 atom stereocenters. The summed E-state index contributed by atoms with van der Waals surface area (Å²) in [6, 6.07) is 3.13. The fourth-order valence-electron chi connectivity index (χ4n) is 1.70. The van der Waals surface area contributed by atoms with E-state index in [4.69, 9.17) is 34.8 Å². The zero-order chi connectivity index (χ0) is 15.5. The van der Waals surface area contributed by atoms with E-state index in [1.807, 2.05) is 0 Å². The minimum absolute atomic E-state index is 0.333. The molecule has 0 aliphatic carbocycles. The van der Waals surface area contributed by atoms with Gasteiger partial charge in [0.15, 0.2) is 5.84 Å². The van der Waals surface area contributed by atoms with Gasteiger partial charge < -0.3 is 0 Å². The molecule has 0 fully saturated rings. The normalized spacial score (nSPS) is 11.9. The molecule has 0 N–H and O–H groups in total. The summed E-state index contributed by atoms with van der Waals surface area (Å²) in [5.41, 5.74) is 0.474. The van der Waals surface area contributed by atoms with Gasteiger partial charge in [-0.3, -0.25) is 0 Å². The van der Waals surface area contributed by atoms with E-state index in [-0.39, 0.29) is 0 Å². The largest absolute Gasteiger partial charge is 0.245 e. The van der Waals surface area contributed by atoms with Gasteiger partial charge >= 0.3 is 0 Å². The van der Waals surface area contributed by atoms with Crippen molar-refractivity contribution in [2.24, 2.45) is 4.99 Å². The Kier molecular flexibility index (Phi) is 4.37.